The molecular formula is C4H6O2SSe. The second-order valence-corrected chi connectivity index (χ2v) is 3.46. The van der Waals surface area contributed by atoms with Crippen LogP contribution in [0.25, 0.3) is 0 Å². The van der Waals surface area contributed by atoms with E-state index < -0.39 is 0 Å². The van der Waals surface area contributed by atoms with Gasteiger partial charge in [0.1, 0.15) is 0 Å². The standard InChI is InChI=1S/C4H6O2SSe/c5-3-1-2-4(6)8-7/h3,7H,1-2H2. The van der Waals surface area contributed by atoms with Crippen LogP contribution >= 0.6 is 11.0 Å². The Hall–Kier alpha value is 0.209. The van der Waals surface area contributed by atoms with Crippen LogP contribution < -0.4 is 0 Å². The molecule has 0 aliphatic rings. The molecule has 0 spiro atoms. The number of aldehydes is 1. The Morgan fingerprint density at radius 1 is 1.75 bits per heavy atom. The Morgan fingerprint density at radius 3 is 2.75 bits per heavy atom. The van der Waals surface area contributed by atoms with Gasteiger partial charge in [-0.15, -0.1) is 0 Å². The molecular weight excluding hydrogens is 191 g/mol. The van der Waals surface area contributed by atoms with Gasteiger partial charge in [-0.25, -0.2) is 0 Å². The van der Waals surface area contributed by atoms with E-state index in [1.54, 1.807) is 0 Å². The molecule has 46 valence electrons. The van der Waals surface area contributed by atoms with E-state index in [1.807, 2.05) is 0 Å². The van der Waals surface area contributed by atoms with Crippen molar-refractivity contribution in [1.82, 2.24) is 0 Å². The first-order valence-electron chi connectivity index (χ1n) is 2.09. The summed E-state index contributed by atoms with van der Waals surface area (Å²) >= 11 is 3.57. The number of hydrogen-bond donors (Lipinski definition) is 1. The van der Waals surface area contributed by atoms with Crippen molar-refractivity contribution < 1.29 is 9.59 Å². The molecule has 4 heteroatoms. The van der Waals surface area contributed by atoms with E-state index in [2.05, 4.69) is 11.0 Å². The zero-order valence-corrected chi connectivity index (χ0v) is 6.77. The van der Waals surface area contributed by atoms with Crippen LogP contribution in [0.15, 0.2) is 0 Å². The average Bonchev–Trinajstić information content (AvgIpc) is 1.83. The van der Waals surface area contributed by atoms with E-state index in [4.69, 9.17) is 0 Å². The summed E-state index contributed by atoms with van der Waals surface area (Å²) in [7, 11) is 0. The van der Waals surface area contributed by atoms with Crippen LogP contribution in [0.2, 0.25) is 0 Å². The molecule has 0 fully saturated rings. The molecule has 2 nitrogen and oxygen atoms in total. The first-order chi connectivity index (χ1) is 3.81. The van der Waals surface area contributed by atoms with Gasteiger partial charge in [0.25, 0.3) is 0 Å². The van der Waals surface area contributed by atoms with Crippen molar-refractivity contribution in [2.24, 2.45) is 0 Å². The van der Waals surface area contributed by atoms with Gasteiger partial charge in [0, 0.05) is 0 Å². The van der Waals surface area contributed by atoms with E-state index >= 15 is 0 Å². The number of carbonyl (C=O) groups is 2. The van der Waals surface area contributed by atoms with E-state index in [1.165, 1.54) is 0 Å². The van der Waals surface area contributed by atoms with Gasteiger partial charge in [0.05, 0.1) is 0 Å². The molecule has 0 aliphatic carbocycles. The zero-order chi connectivity index (χ0) is 6.41. The summed E-state index contributed by atoms with van der Waals surface area (Å²) in [5, 5.41) is 0. The van der Waals surface area contributed by atoms with Crippen molar-refractivity contribution >= 4 is 35.9 Å². The molecule has 0 bridgehead atoms. The van der Waals surface area contributed by atoms with E-state index in [0.717, 1.165) is 6.29 Å². The van der Waals surface area contributed by atoms with Gasteiger partial charge in [0.15, 0.2) is 0 Å². The predicted octanol–water partition coefficient (Wildman–Crippen LogP) is 0.0411. The van der Waals surface area contributed by atoms with Crippen molar-refractivity contribution in [3.63, 3.8) is 0 Å². The van der Waals surface area contributed by atoms with Crippen LogP contribution in [0.1, 0.15) is 12.8 Å². The maximum absolute atomic E-state index is 10.4. The van der Waals surface area contributed by atoms with Crippen molar-refractivity contribution in [3.05, 3.63) is 0 Å². The molecule has 0 unspecified atom stereocenters. The summed E-state index contributed by atoms with van der Waals surface area (Å²) in [5.41, 5.74) is 0. The molecule has 0 rings (SSSR count). The fourth-order valence-electron chi connectivity index (χ4n) is 0.222. The third-order valence-electron chi connectivity index (χ3n) is 0.568. The van der Waals surface area contributed by atoms with E-state index in [9.17, 15) is 9.59 Å². The third kappa shape index (κ3) is 4.37. The quantitative estimate of drug-likeness (QED) is 0.392. The summed E-state index contributed by atoms with van der Waals surface area (Å²) in [6.45, 7) is 0. The number of hydrogen-bond acceptors (Lipinski definition) is 3. The summed E-state index contributed by atoms with van der Waals surface area (Å²) in [6.07, 6.45) is 1.46. The normalized spacial score (nSPS) is 8.62. The SMILES string of the molecule is O=CCCC(=O)[Se]S. The fourth-order valence-corrected chi connectivity index (χ4v) is 1.14. The van der Waals surface area contributed by atoms with E-state index in [0.29, 0.717) is 12.8 Å². The zero-order valence-electron chi connectivity index (χ0n) is 4.16. The Bertz CT molecular complexity index is 94.0. The number of carbonyl (C=O) groups excluding carboxylic acids is 2. The Balaban J connectivity index is 3.11. The fraction of sp³-hybridized carbons (Fsp3) is 0.500. The van der Waals surface area contributed by atoms with Gasteiger partial charge < -0.3 is 0 Å². The van der Waals surface area contributed by atoms with Crippen molar-refractivity contribution in [1.29, 1.82) is 0 Å². The molecule has 0 heterocycles. The van der Waals surface area contributed by atoms with Crippen LogP contribution in [-0.4, -0.2) is 24.8 Å². The molecule has 0 aromatic rings. The summed E-state index contributed by atoms with van der Waals surface area (Å²) in [5.74, 6) is 0. The predicted molar refractivity (Wildman–Crippen MR) is 35.0 cm³/mol. The molecule has 0 amide bonds. The summed E-state index contributed by atoms with van der Waals surface area (Å²) in [6, 6.07) is 0. The Labute approximate surface area is 58.7 Å². The topological polar surface area (TPSA) is 34.1 Å². The first-order valence-corrected chi connectivity index (χ1v) is 5.61. The molecule has 0 N–H and O–H groups in total. The van der Waals surface area contributed by atoms with Gasteiger partial charge in [-0.2, -0.15) is 0 Å². The second-order valence-electron chi connectivity index (χ2n) is 1.17. The average molecular weight is 197 g/mol. The molecule has 0 aliphatic heterocycles. The van der Waals surface area contributed by atoms with Gasteiger partial charge in [-0.3, -0.25) is 0 Å². The Kier molecular flexibility index (Phi) is 5.49. The summed E-state index contributed by atoms with van der Waals surface area (Å²) in [4.78, 5) is 20.0. The van der Waals surface area contributed by atoms with Crippen molar-refractivity contribution in [3.8, 4) is 0 Å². The van der Waals surface area contributed by atoms with Gasteiger partial charge >= 0.3 is 58.3 Å². The minimum absolute atomic E-state index is 0.0907. The van der Waals surface area contributed by atoms with Gasteiger partial charge in [-0.05, 0) is 0 Å². The summed E-state index contributed by atoms with van der Waals surface area (Å²) < 4.78 is 0.0907. The van der Waals surface area contributed by atoms with Crippen molar-refractivity contribution in [2.45, 2.75) is 12.8 Å². The van der Waals surface area contributed by atoms with Gasteiger partial charge in [0.2, 0.25) is 0 Å². The first kappa shape index (κ1) is 8.21. The molecule has 0 saturated heterocycles. The maximum atomic E-state index is 10.4. The van der Waals surface area contributed by atoms with Crippen LogP contribution in [0.5, 0.6) is 0 Å². The van der Waals surface area contributed by atoms with Gasteiger partial charge in [-0.1, -0.05) is 0 Å². The Morgan fingerprint density at radius 2 is 2.38 bits per heavy atom. The second kappa shape index (κ2) is 5.35. The third-order valence-corrected chi connectivity index (χ3v) is 2.48. The molecule has 8 heavy (non-hydrogen) atoms. The minimum atomic E-state index is -0.219. The molecule has 0 aromatic carbocycles. The monoisotopic (exact) mass is 198 g/mol. The van der Waals surface area contributed by atoms with Crippen LogP contribution in [0, 0.1) is 0 Å². The van der Waals surface area contributed by atoms with Crippen LogP contribution in [0.3, 0.4) is 0 Å². The van der Waals surface area contributed by atoms with E-state index in [-0.39, 0.29) is 18.5 Å². The molecule has 0 aromatic heterocycles. The number of rotatable bonds is 4. The van der Waals surface area contributed by atoms with Crippen molar-refractivity contribution in [2.75, 3.05) is 0 Å². The van der Waals surface area contributed by atoms with Crippen LogP contribution in [-0.2, 0) is 9.59 Å². The molecule has 0 saturated carbocycles. The van der Waals surface area contributed by atoms with Crippen LogP contribution in [0.4, 0.5) is 0 Å². The molecule has 0 radical (unpaired) electrons. The number of thiol groups is 1. The molecule has 0 atom stereocenters.